The van der Waals surface area contributed by atoms with Gasteiger partial charge in [-0.15, -0.1) is 0 Å². The maximum atomic E-state index is 15.0. The van der Waals surface area contributed by atoms with Crippen molar-refractivity contribution in [2.75, 3.05) is 5.75 Å². The van der Waals surface area contributed by atoms with E-state index < -0.39 is 39.5 Å². The van der Waals surface area contributed by atoms with Gasteiger partial charge in [0.1, 0.15) is 11.7 Å². The number of nitrogens with two attached hydrogens (primary N) is 1. The van der Waals surface area contributed by atoms with Crippen LogP contribution in [0, 0.1) is 17.7 Å². The number of amides is 3. The van der Waals surface area contributed by atoms with Gasteiger partial charge in [0.05, 0.1) is 4.90 Å². The highest BCUT2D eigenvalue weighted by atomic mass is 32.2. The van der Waals surface area contributed by atoms with Gasteiger partial charge in [0.25, 0.3) is 10.0 Å². The molecule has 3 amide bonds. The van der Waals surface area contributed by atoms with Crippen LogP contribution in [0.15, 0.2) is 47.4 Å². The molecule has 4 N–H and O–H groups in total. The molecule has 0 saturated heterocycles. The topological polar surface area (TPSA) is 135 Å². The van der Waals surface area contributed by atoms with Crippen LogP contribution in [0.4, 0.5) is 4.39 Å². The molecule has 0 aliphatic heterocycles. The van der Waals surface area contributed by atoms with E-state index in [0.717, 1.165) is 13.0 Å². The Kier molecular flexibility index (Phi) is 9.84. The maximum absolute atomic E-state index is 15.0. The maximum Gasteiger partial charge on any atom is 0.264 e. The Balaban J connectivity index is 2.33. The van der Waals surface area contributed by atoms with Crippen molar-refractivity contribution in [3.63, 3.8) is 0 Å². The van der Waals surface area contributed by atoms with Gasteiger partial charge in [-0.3, -0.25) is 14.4 Å². The van der Waals surface area contributed by atoms with Gasteiger partial charge in [-0.25, -0.2) is 17.5 Å². The first-order chi connectivity index (χ1) is 16.4. The largest absolute Gasteiger partial charge is 0.369 e. The number of carbonyl (C=O) groups is 3. The fraction of sp³-hybridized carbons (Fsp3) is 0.375. The first-order valence-corrected chi connectivity index (χ1v) is 13.1. The van der Waals surface area contributed by atoms with E-state index in [2.05, 4.69) is 17.9 Å². The van der Waals surface area contributed by atoms with Crippen molar-refractivity contribution in [2.45, 2.75) is 44.6 Å². The average molecular weight is 524 g/mol. The second-order valence-electron chi connectivity index (χ2n) is 8.64. The second kappa shape index (κ2) is 12.2. The van der Waals surface area contributed by atoms with Gasteiger partial charge >= 0.3 is 0 Å². The van der Waals surface area contributed by atoms with Crippen LogP contribution in [0.25, 0.3) is 11.1 Å². The molecule has 2 aromatic carbocycles. The van der Waals surface area contributed by atoms with Gasteiger partial charge in [-0.1, -0.05) is 44.2 Å². The molecular weight excluding hydrogens is 493 g/mol. The van der Waals surface area contributed by atoms with Gasteiger partial charge in [-0.05, 0) is 42.0 Å². The van der Waals surface area contributed by atoms with Crippen LogP contribution in [0.2, 0.25) is 0 Å². The zero-order valence-corrected chi connectivity index (χ0v) is 21.5. The number of sulfonamides is 1. The summed E-state index contributed by atoms with van der Waals surface area (Å²) in [4.78, 5) is 35.8. The van der Waals surface area contributed by atoms with Crippen LogP contribution in [0.5, 0.6) is 0 Å². The summed E-state index contributed by atoms with van der Waals surface area (Å²) < 4.78 is 42.0. The standard InChI is InChI=1S/C24H30FN3O5S2/c1-14(2)10-18(13-34)27-24(31)20(23(26)30)11-17-9-8-16(12-21(17)25)19-6-4-5-7-22(19)35(32,33)28-15(3)29/h4-9,12,14,18,20,34H,10-11,13H2,1-3H3,(H2,26,30)(H,27,31)(H,28,29)/t18-,20?/m1/s1. The van der Waals surface area contributed by atoms with Crippen molar-refractivity contribution in [2.24, 2.45) is 17.6 Å². The highest BCUT2D eigenvalue weighted by Gasteiger charge is 2.28. The number of nitrogens with one attached hydrogen (secondary N) is 2. The summed E-state index contributed by atoms with van der Waals surface area (Å²) in [6.45, 7) is 5.05. The van der Waals surface area contributed by atoms with Gasteiger partial charge < -0.3 is 11.1 Å². The zero-order chi connectivity index (χ0) is 26.3. The molecule has 2 aromatic rings. The van der Waals surface area contributed by atoms with E-state index in [1.54, 1.807) is 6.07 Å². The Morgan fingerprint density at radius 2 is 1.77 bits per heavy atom. The van der Waals surface area contributed by atoms with E-state index in [1.165, 1.54) is 30.3 Å². The molecule has 0 aliphatic carbocycles. The summed E-state index contributed by atoms with van der Waals surface area (Å²) in [5.74, 6) is -3.61. The van der Waals surface area contributed by atoms with E-state index in [-0.39, 0.29) is 34.0 Å². The third-order valence-electron chi connectivity index (χ3n) is 5.23. The predicted molar refractivity (Wildman–Crippen MR) is 134 cm³/mol. The van der Waals surface area contributed by atoms with Crippen LogP contribution in [0.3, 0.4) is 0 Å². The molecule has 0 spiro atoms. The minimum absolute atomic E-state index is 0.0705. The zero-order valence-electron chi connectivity index (χ0n) is 19.7. The van der Waals surface area contributed by atoms with E-state index in [1.807, 2.05) is 18.6 Å². The van der Waals surface area contributed by atoms with Crippen molar-refractivity contribution in [1.82, 2.24) is 10.0 Å². The molecule has 0 aliphatic rings. The number of thiol groups is 1. The lowest BCUT2D eigenvalue weighted by molar-refractivity contribution is -0.134. The van der Waals surface area contributed by atoms with Gasteiger partial charge in [-0.2, -0.15) is 12.6 Å². The molecule has 2 atom stereocenters. The first-order valence-electron chi connectivity index (χ1n) is 11.0. The van der Waals surface area contributed by atoms with Gasteiger partial charge in [0.2, 0.25) is 17.7 Å². The number of carbonyl (C=O) groups excluding carboxylic acids is 3. The fourth-order valence-corrected chi connectivity index (χ4v) is 5.12. The van der Waals surface area contributed by atoms with Gasteiger partial charge in [0, 0.05) is 24.3 Å². The van der Waals surface area contributed by atoms with Crippen molar-refractivity contribution in [1.29, 1.82) is 0 Å². The Morgan fingerprint density at radius 3 is 2.31 bits per heavy atom. The summed E-state index contributed by atoms with van der Waals surface area (Å²) in [6, 6.07) is 9.55. The minimum Gasteiger partial charge on any atom is -0.369 e. The molecular formula is C24H30FN3O5S2. The van der Waals surface area contributed by atoms with Crippen LogP contribution in [-0.4, -0.2) is 37.9 Å². The number of halogens is 1. The van der Waals surface area contributed by atoms with E-state index >= 15 is 4.39 Å². The second-order valence-corrected chi connectivity index (χ2v) is 10.7. The lowest BCUT2D eigenvalue weighted by atomic mass is 9.94. The molecule has 2 rings (SSSR count). The van der Waals surface area contributed by atoms with Crippen LogP contribution < -0.4 is 15.8 Å². The molecule has 8 nitrogen and oxygen atoms in total. The third-order valence-corrected chi connectivity index (χ3v) is 7.16. The van der Waals surface area contributed by atoms with E-state index in [9.17, 15) is 22.8 Å². The lowest BCUT2D eigenvalue weighted by Gasteiger charge is -2.22. The summed E-state index contributed by atoms with van der Waals surface area (Å²) in [5.41, 5.74) is 5.93. The van der Waals surface area contributed by atoms with Crippen molar-refractivity contribution in [3.05, 3.63) is 53.8 Å². The van der Waals surface area contributed by atoms with E-state index in [0.29, 0.717) is 18.1 Å². The average Bonchev–Trinajstić information content (AvgIpc) is 2.76. The number of primary amides is 1. The van der Waals surface area contributed by atoms with Crippen LogP contribution in [0.1, 0.15) is 32.8 Å². The van der Waals surface area contributed by atoms with Crippen LogP contribution >= 0.6 is 12.6 Å². The molecule has 0 heterocycles. The Bertz CT molecular complexity index is 1200. The molecule has 1 unspecified atom stereocenters. The normalized spacial score (nSPS) is 13.2. The SMILES string of the molecule is CC(=O)NS(=O)(=O)c1ccccc1-c1ccc(CC(C(N)=O)C(=O)N[C@@H](CS)CC(C)C)c(F)c1. The Morgan fingerprint density at radius 1 is 1.11 bits per heavy atom. The highest BCUT2D eigenvalue weighted by Crippen LogP contribution is 2.29. The summed E-state index contributed by atoms with van der Waals surface area (Å²) >= 11 is 4.24. The van der Waals surface area contributed by atoms with Crippen molar-refractivity contribution < 1.29 is 27.2 Å². The summed E-state index contributed by atoms with van der Waals surface area (Å²) in [6.07, 6.45) is 0.394. The van der Waals surface area contributed by atoms with E-state index in [4.69, 9.17) is 5.73 Å². The molecule has 190 valence electrons. The molecule has 35 heavy (non-hydrogen) atoms. The number of hydrogen-bond acceptors (Lipinski definition) is 6. The Labute approximate surface area is 210 Å². The molecule has 0 bridgehead atoms. The predicted octanol–water partition coefficient (Wildman–Crippen LogP) is 2.42. The smallest absolute Gasteiger partial charge is 0.264 e. The Hall–Kier alpha value is -2.92. The fourth-order valence-electron chi connectivity index (χ4n) is 3.66. The monoisotopic (exact) mass is 523 g/mol. The number of rotatable bonds is 11. The molecule has 0 radical (unpaired) electrons. The molecule has 11 heteroatoms. The summed E-state index contributed by atoms with van der Waals surface area (Å²) in [7, 11) is -4.17. The minimum atomic E-state index is -4.17. The van der Waals surface area contributed by atoms with Gasteiger partial charge in [0.15, 0.2) is 0 Å². The lowest BCUT2D eigenvalue weighted by Crippen LogP contribution is -2.45. The number of benzene rings is 2. The van der Waals surface area contributed by atoms with Crippen molar-refractivity contribution in [3.8, 4) is 11.1 Å². The summed E-state index contributed by atoms with van der Waals surface area (Å²) in [5, 5.41) is 2.76. The quantitative estimate of drug-likeness (QED) is 0.265. The highest BCUT2D eigenvalue weighted by molar-refractivity contribution is 7.90. The number of hydrogen-bond donors (Lipinski definition) is 4. The molecule has 0 fully saturated rings. The van der Waals surface area contributed by atoms with Crippen molar-refractivity contribution >= 4 is 40.4 Å². The first kappa shape index (κ1) is 28.3. The van der Waals surface area contributed by atoms with Crippen LogP contribution in [-0.2, 0) is 30.8 Å². The third kappa shape index (κ3) is 7.79. The molecule has 0 saturated carbocycles. The molecule has 0 aromatic heterocycles.